The number of aliphatic hydroxyl groups excluding tert-OH is 1. The van der Waals surface area contributed by atoms with E-state index in [0.717, 1.165) is 35.5 Å². The minimum Gasteiger partial charge on any atom is -0.506 e. The van der Waals surface area contributed by atoms with E-state index in [2.05, 4.69) is 23.6 Å². The maximum Gasteiger partial charge on any atom is 0.306 e. The summed E-state index contributed by atoms with van der Waals surface area (Å²) in [7, 11) is -4.13. The van der Waals surface area contributed by atoms with Crippen LogP contribution in [-0.4, -0.2) is 101 Å². The van der Waals surface area contributed by atoms with Crippen LogP contribution in [-0.2, 0) is 43.2 Å². The molecule has 3 rings (SSSR count). The lowest BCUT2D eigenvalue weighted by Gasteiger charge is -2.26. The fraction of sp³-hybridized carbons (Fsp3) is 0.452. The Morgan fingerprint density at radius 2 is 1.47 bits per heavy atom. The van der Waals surface area contributed by atoms with E-state index in [-0.39, 0.29) is 48.1 Å². The third-order valence-electron chi connectivity index (χ3n) is 7.38. The van der Waals surface area contributed by atoms with Crippen molar-refractivity contribution < 1.29 is 66.2 Å². The molecule has 0 spiro atoms. The van der Waals surface area contributed by atoms with E-state index in [9.17, 15) is 23.1 Å². The van der Waals surface area contributed by atoms with E-state index in [4.69, 9.17) is 19.8 Å². The number of nitrogens with zero attached hydrogens (tertiary/aromatic N) is 2. The van der Waals surface area contributed by atoms with Crippen molar-refractivity contribution in [2.45, 2.75) is 39.0 Å². The molecule has 2 aliphatic carbocycles. The van der Waals surface area contributed by atoms with Gasteiger partial charge in [-0.1, -0.05) is 22.2 Å². The van der Waals surface area contributed by atoms with Crippen molar-refractivity contribution in [2.24, 2.45) is 0 Å². The lowest BCUT2D eigenvalue weighted by molar-refractivity contribution is -0.526. The average Bonchev–Trinajstić information content (AvgIpc) is 3.07. The van der Waals surface area contributed by atoms with E-state index >= 15 is 0 Å². The highest BCUT2D eigenvalue weighted by molar-refractivity contribution is 7.94. The van der Waals surface area contributed by atoms with Crippen LogP contribution in [0.4, 0.5) is 5.69 Å². The summed E-state index contributed by atoms with van der Waals surface area (Å²) in [5.41, 5.74) is 3.08. The standard InChI is InChI=1S/C31H40N2O13S3/c1-2-42-27(34)7-3-16-32(19-6-22-49(39,40)41)25-12-8-23(9-13-25)28-30(35)29(31(28)36)24-10-14-26(15-11-24)33(17-4-20-47-45-43-37)18-5-21-48-46-44-38/h8-15H,2-7,16-22H2,1H3,(H3-,35,36,37,38,39,40,41)/p+1. The molecule has 0 bridgehead atoms. The Labute approximate surface area is 293 Å². The van der Waals surface area contributed by atoms with Crippen molar-refractivity contribution in [1.29, 1.82) is 0 Å². The van der Waals surface area contributed by atoms with Crippen LogP contribution in [0.25, 0.3) is 5.57 Å². The predicted molar refractivity (Wildman–Crippen MR) is 184 cm³/mol. The molecule has 0 saturated heterocycles. The number of ketones is 1. The Balaban J connectivity index is 1.74. The second-order valence-electron chi connectivity index (χ2n) is 10.7. The van der Waals surface area contributed by atoms with Gasteiger partial charge in [-0.15, -0.1) is 8.67 Å². The third-order valence-corrected chi connectivity index (χ3v) is 9.41. The van der Waals surface area contributed by atoms with Gasteiger partial charge in [0.05, 0.1) is 29.9 Å². The average molecular weight is 746 g/mol. The van der Waals surface area contributed by atoms with Gasteiger partial charge in [-0.05, 0) is 55.2 Å². The number of anilines is 1. The first-order valence-corrected chi connectivity index (χ1v) is 18.9. The molecule has 4 N–H and O–H groups in total. The molecule has 1 aromatic carbocycles. The Morgan fingerprint density at radius 3 is 2.00 bits per heavy atom. The monoisotopic (exact) mass is 745 g/mol. The van der Waals surface area contributed by atoms with Gasteiger partial charge < -0.3 is 14.7 Å². The Hall–Kier alpha value is -3.04. The molecule has 270 valence electrons. The van der Waals surface area contributed by atoms with Crippen LogP contribution in [0.2, 0.25) is 0 Å². The van der Waals surface area contributed by atoms with Gasteiger partial charge >= 0.3 is 5.97 Å². The Morgan fingerprint density at radius 1 is 0.878 bits per heavy atom. The van der Waals surface area contributed by atoms with Gasteiger partial charge in [-0.2, -0.15) is 8.42 Å². The van der Waals surface area contributed by atoms with Crippen molar-refractivity contribution in [2.75, 3.05) is 54.9 Å². The molecule has 0 aliphatic heterocycles. The summed E-state index contributed by atoms with van der Waals surface area (Å²) in [6.45, 7) is 4.03. The second kappa shape index (κ2) is 21.2. The molecular weight excluding hydrogens is 705 g/mol. The highest BCUT2D eigenvalue weighted by Crippen LogP contribution is 2.39. The molecule has 0 radical (unpaired) electrons. The summed E-state index contributed by atoms with van der Waals surface area (Å²) >= 11 is 1.93. The molecule has 0 unspecified atom stereocenters. The van der Waals surface area contributed by atoms with E-state index in [1.807, 2.05) is 16.7 Å². The number of hydrogen-bond acceptors (Lipinski definition) is 15. The number of hydrogen-bond donors (Lipinski definition) is 4. The summed E-state index contributed by atoms with van der Waals surface area (Å²) < 4.78 is 47.3. The molecule has 0 heterocycles. The molecule has 0 saturated carbocycles. The highest BCUT2D eigenvalue weighted by Gasteiger charge is 2.36. The van der Waals surface area contributed by atoms with Crippen LogP contribution < -0.4 is 4.90 Å². The van der Waals surface area contributed by atoms with E-state index in [1.54, 1.807) is 43.4 Å². The number of benzene rings is 1. The third kappa shape index (κ3) is 13.3. The number of rotatable bonds is 23. The molecular formula is C31H41N2O13S3+. The molecule has 0 fully saturated rings. The normalized spacial score (nSPS) is 14.4. The number of Topliss-reactive ketones (excluding diaryl/α,β-unsaturated/α-hetero) is 1. The van der Waals surface area contributed by atoms with Crippen LogP contribution in [0.15, 0.2) is 65.5 Å². The zero-order valence-electron chi connectivity index (χ0n) is 26.9. The molecule has 0 atom stereocenters. The summed E-state index contributed by atoms with van der Waals surface area (Å²) in [5, 5.41) is 34.8. The maximum atomic E-state index is 13.3. The number of ether oxygens (including phenoxy) is 1. The molecule has 1 aromatic rings. The molecule has 49 heavy (non-hydrogen) atoms. The van der Waals surface area contributed by atoms with Gasteiger partial charge in [0, 0.05) is 79.4 Å². The number of carbonyl (C=O) groups excluding carboxylic acids is 2. The van der Waals surface area contributed by atoms with Crippen molar-refractivity contribution >= 4 is 62.9 Å². The van der Waals surface area contributed by atoms with Crippen molar-refractivity contribution in [1.82, 2.24) is 0 Å². The van der Waals surface area contributed by atoms with Gasteiger partial charge in [0.1, 0.15) is 18.8 Å². The minimum absolute atomic E-state index is 0.118. The summed E-state index contributed by atoms with van der Waals surface area (Å²) in [4.78, 5) is 27.2. The summed E-state index contributed by atoms with van der Waals surface area (Å²) in [6, 6.07) is 7.24. The van der Waals surface area contributed by atoms with Crippen molar-refractivity contribution in [3.05, 3.63) is 71.0 Å². The van der Waals surface area contributed by atoms with Gasteiger partial charge in [0.25, 0.3) is 10.1 Å². The van der Waals surface area contributed by atoms with Gasteiger partial charge in [0.15, 0.2) is 5.71 Å². The molecule has 0 amide bonds. The Bertz CT molecular complexity index is 1510. The van der Waals surface area contributed by atoms with Gasteiger partial charge in [0.2, 0.25) is 5.78 Å². The highest BCUT2D eigenvalue weighted by atomic mass is 32.2. The first-order valence-electron chi connectivity index (χ1n) is 15.5. The van der Waals surface area contributed by atoms with E-state index in [0.29, 0.717) is 68.1 Å². The van der Waals surface area contributed by atoms with Gasteiger partial charge in [-0.25, -0.2) is 15.1 Å². The molecule has 2 aliphatic rings. The zero-order chi connectivity index (χ0) is 35.6. The SMILES string of the molecule is CCOC(=O)CCC[N+](CCCS(=O)(=O)O)=C1C=CC(=C2C(=O)C(c3ccc(N(CCCSOOO)CCCSOOO)cc3)=C2O)C=C1. The maximum absolute atomic E-state index is 13.3. The lowest BCUT2D eigenvalue weighted by atomic mass is 9.80. The molecule has 18 heteroatoms. The zero-order valence-corrected chi connectivity index (χ0v) is 29.3. The molecule has 15 nitrogen and oxygen atoms in total. The smallest absolute Gasteiger partial charge is 0.306 e. The summed E-state index contributed by atoms with van der Waals surface area (Å²) in [6.07, 6.45) is 9.14. The van der Waals surface area contributed by atoms with Crippen LogP contribution >= 0.6 is 24.1 Å². The Kier molecular flexibility index (Phi) is 17.5. The van der Waals surface area contributed by atoms with Crippen LogP contribution in [0, 0.1) is 0 Å². The fourth-order valence-electron chi connectivity index (χ4n) is 5.18. The lowest BCUT2D eigenvalue weighted by Crippen LogP contribution is -2.27. The van der Waals surface area contributed by atoms with Crippen LogP contribution in [0.5, 0.6) is 0 Å². The van der Waals surface area contributed by atoms with Crippen LogP contribution in [0.3, 0.4) is 0 Å². The van der Waals surface area contributed by atoms with Crippen molar-refractivity contribution in [3.8, 4) is 0 Å². The largest absolute Gasteiger partial charge is 0.506 e. The number of allylic oxidation sites excluding steroid dienone is 7. The first-order chi connectivity index (χ1) is 23.6. The first kappa shape index (κ1) is 40.4. The fourth-order valence-corrected chi connectivity index (χ4v) is 6.39. The topological polar surface area (TPSA) is 202 Å². The predicted octanol–water partition coefficient (Wildman–Crippen LogP) is 4.76. The van der Waals surface area contributed by atoms with Gasteiger partial charge in [-0.3, -0.25) is 14.1 Å². The second-order valence-corrected chi connectivity index (χ2v) is 13.8. The number of carbonyl (C=O) groups is 2. The summed E-state index contributed by atoms with van der Waals surface area (Å²) in [5.74, 6) is -0.0390. The van der Waals surface area contributed by atoms with E-state index in [1.165, 1.54) is 0 Å². The molecule has 0 aromatic heterocycles. The van der Waals surface area contributed by atoms with Crippen molar-refractivity contribution in [3.63, 3.8) is 0 Å². The minimum atomic E-state index is -4.13. The van der Waals surface area contributed by atoms with Crippen LogP contribution in [0.1, 0.15) is 44.6 Å². The number of aliphatic hydroxyl groups is 1. The quantitative estimate of drug-likeness (QED) is 0.0174. The van der Waals surface area contributed by atoms with E-state index < -0.39 is 15.9 Å². The number of esters is 1.